The van der Waals surface area contributed by atoms with E-state index in [1.165, 1.54) is 0 Å². The summed E-state index contributed by atoms with van der Waals surface area (Å²) in [7, 11) is 0. The van der Waals surface area contributed by atoms with Crippen LogP contribution in [0.4, 0.5) is 0 Å². The molecule has 2 bridgehead atoms. The zero-order chi connectivity index (χ0) is 32.8. The van der Waals surface area contributed by atoms with E-state index in [0.29, 0.717) is 0 Å². The Kier molecular flexibility index (Phi) is 1.44. The fraction of sp³-hybridized carbons (Fsp3) is 0.526. The molecule has 1 N–H and O–H groups in total. The minimum atomic E-state index is -3.78. The Morgan fingerprint density at radius 1 is 1.35 bits per heavy atom. The maximum Gasteiger partial charge on any atom is 0.349 e. The highest BCUT2D eigenvalue weighted by molar-refractivity contribution is 7.12. The van der Waals surface area contributed by atoms with E-state index in [-0.39, 0.29) is 22.7 Å². The van der Waals surface area contributed by atoms with Crippen LogP contribution in [-0.2, 0) is 19.9 Å². The summed E-state index contributed by atoms with van der Waals surface area (Å²) >= 11 is 0.408. The third kappa shape index (κ3) is 2.28. The SMILES string of the molecule is [2H]c1sc(C(O)(C(=O)OC2([2H])C([2H])([2H])C3C4OC4C(C2([2H])[2H])[N+]3(C([2H])([2H])[2H])C([2H])([2H])[2H])c2sc([2H])c([2H])c2[2H])c([2H])c1[2H]. The van der Waals surface area contributed by atoms with Gasteiger partial charge in [-0.1, -0.05) is 12.1 Å². The van der Waals surface area contributed by atoms with Crippen LogP contribution in [0.1, 0.15) is 45.8 Å². The summed E-state index contributed by atoms with van der Waals surface area (Å²) < 4.78 is 149. The fourth-order valence-corrected chi connectivity index (χ4v) is 4.51. The summed E-state index contributed by atoms with van der Waals surface area (Å²) in [5.41, 5.74) is -3.43. The zero-order valence-corrected chi connectivity index (χ0v) is 14.4. The molecule has 3 saturated heterocycles. The van der Waals surface area contributed by atoms with Crippen LogP contribution in [0.15, 0.2) is 34.9 Å². The number of hydrogen-bond donors (Lipinski definition) is 1. The van der Waals surface area contributed by atoms with E-state index in [1.807, 2.05) is 0 Å². The van der Waals surface area contributed by atoms with Crippen molar-refractivity contribution < 1.29 is 47.2 Å². The van der Waals surface area contributed by atoms with Crippen LogP contribution >= 0.6 is 22.7 Å². The van der Waals surface area contributed by atoms with Crippen molar-refractivity contribution in [2.75, 3.05) is 14.0 Å². The number of ether oxygens (including phenoxy) is 2. The Labute approximate surface area is 184 Å². The molecule has 7 heteroatoms. The Morgan fingerprint density at radius 3 is 2.38 bits per heavy atom. The lowest BCUT2D eigenvalue weighted by Gasteiger charge is -2.45. The fourth-order valence-electron chi connectivity index (χ4n) is 3.17. The van der Waals surface area contributed by atoms with Crippen LogP contribution in [-0.4, -0.2) is 59.9 Å². The quantitative estimate of drug-likeness (QED) is 0.478. The number of quaternary nitrogens is 1. The lowest BCUT2D eigenvalue weighted by atomic mass is 9.95. The van der Waals surface area contributed by atoms with E-state index in [0.717, 1.165) is 0 Å². The smallest absolute Gasteiger partial charge is 0.349 e. The van der Waals surface area contributed by atoms with Gasteiger partial charge in [-0.25, -0.2) is 4.79 Å². The molecule has 0 saturated carbocycles. The minimum Gasteiger partial charge on any atom is -0.459 e. The van der Waals surface area contributed by atoms with Crippen molar-refractivity contribution in [1.82, 2.24) is 0 Å². The molecule has 0 radical (unpaired) electrons. The van der Waals surface area contributed by atoms with Crippen LogP contribution < -0.4 is 0 Å². The number of fused-ring (bicyclic) bond motifs is 5. The molecule has 26 heavy (non-hydrogen) atoms. The Morgan fingerprint density at radius 2 is 1.92 bits per heavy atom. The van der Waals surface area contributed by atoms with Gasteiger partial charge in [-0.05, 0) is 22.8 Å². The third-order valence-electron chi connectivity index (χ3n) is 4.53. The van der Waals surface area contributed by atoms with E-state index in [9.17, 15) is 9.90 Å². The number of thiophene rings is 2. The molecule has 5 nitrogen and oxygen atoms in total. The minimum absolute atomic E-state index is 0.204. The van der Waals surface area contributed by atoms with Gasteiger partial charge in [-0.3, -0.25) is 0 Å². The van der Waals surface area contributed by atoms with E-state index in [2.05, 4.69) is 0 Å². The molecule has 4 atom stereocenters. The second-order valence-corrected chi connectivity index (χ2v) is 7.65. The molecule has 0 amide bonds. The average molecular weight is 410 g/mol. The normalized spacial score (nSPS) is 51.5. The van der Waals surface area contributed by atoms with E-state index in [1.54, 1.807) is 0 Å². The molecule has 5 heterocycles. The highest BCUT2D eigenvalue weighted by Gasteiger charge is 2.71. The van der Waals surface area contributed by atoms with Crippen LogP contribution in [0, 0.1) is 0 Å². The number of morpholine rings is 1. The number of carbonyl (C=O) groups is 1. The molecule has 2 aromatic heterocycles. The molecular weight excluding hydrogens is 370 g/mol. The molecule has 138 valence electrons. The zero-order valence-electron chi connectivity index (χ0n) is 29.7. The molecule has 3 aliphatic rings. The van der Waals surface area contributed by atoms with Crippen molar-refractivity contribution in [2.24, 2.45) is 0 Å². The van der Waals surface area contributed by atoms with Gasteiger partial charge >= 0.3 is 5.97 Å². The number of likely N-dealkylation sites (N-methyl/N-ethyl adjacent to an activating group) is 1. The first kappa shape index (κ1) is 6.67. The largest absolute Gasteiger partial charge is 0.459 e. The van der Waals surface area contributed by atoms with Gasteiger partial charge in [0.2, 0.25) is 5.60 Å². The molecule has 0 aliphatic carbocycles. The second kappa shape index (κ2) is 5.62. The van der Waals surface area contributed by atoms with Crippen molar-refractivity contribution in [3.63, 3.8) is 0 Å². The van der Waals surface area contributed by atoms with E-state index < -0.39 is 118 Å². The van der Waals surface area contributed by atoms with Crippen molar-refractivity contribution in [3.8, 4) is 0 Å². The maximum atomic E-state index is 14.0. The van der Waals surface area contributed by atoms with Crippen molar-refractivity contribution >= 4 is 28.6 Å². The monoisotopic (exact) mass is 409 g/mol. The predicted molar refractivity (Wildman–Crippen MR) is 99.1 cm³/mol. The molecule has 5 rings (SSSR count). The molecule has 0 spiro atoms. The van der Waals surface area contributed by atoms with Gasteiger partial charge in [0.15, 0.2) is 0 Å². The molecule has 4 unspecified atom stereocenters. The Balaban J connectivity index is 1.72. The predicted octanol–water partition coefficient (Wildman–Crippen LogP) is 2.35. The van der Waals surface area contributed by atoms with Gasteiger partial charge in [0.05, 0.1) is 41.5 Å². The standard InChI is InChI=1S/C19H22NO4S2/c1-20(2)12-9-11(10-13(20)17-16(12)24-17)23-18(21)19(22,14-5-3-7-25-14)15-6-4-8-26-15/h3-8,11-13,16-17,22H,9-10H2,1-2H3/q+1/i1D3,2D3,3D,4D,5D,6D,7D,8D,9D2,10D2,11D. The van der Waals surface area contributed by atoms with Crippen LogP contribution in [0.5, 0.6) is 0 Å². The third-order valence-corrected chi connectivity index (χ3v) is 6.14. The highest BCUT2D eigenvalue weighted by atomic mass is 32.1. The van der Waals surface area contributed by atoms with Gasteiger partial charge in [0.25, 0.3) is 0 Å². The number of esters is 1. The van der Waals surface area contributed by atoms with Crippen LogP contribution in [0.3, 0.4) is 0 Å². The molecule has 3 aliphatic heterocycles. The topological polar surface area (TPSA) is 59.1 Å². The van der Waals surface area contributed by atoms with E-state index in [4.69, 9.17) is 32.8 Å². The number of aliphatic hydroxyl groups is 1. The maximum absolute atomic E-state index is 14.0. The first-order valence-corrected chi connectivity index (χ1v) is 9.05. The van der Waals surface area contributed by atoms with Gasteiger partial charge < -0.3 is 19.1 Å². The molecular formula is C19H22NO4S2+. The second-order valence-electron chi connectivity index (χ2n) is 6.02. The van der Waals surface area contributed by atoms with Gasteiger partial charge in [-0.2, -0.15) is 0 Å². The number of rotatable bonds is 4. The summed E-state index contributed by atoms with van der Waals surface area (Å²) in [5, 5.41) is 10.6. The van der Waals surface area contributed by atoms with Crippen LogP contribution in [0.25, 0.3) is 0 Å². The first-order valence-electron chi connectivity index (χ1n) is 15.9. The average Bonchev–Trinajstić information content (AvgIpc) is 3.39. The summed E-state index contributed by atoms with van der Waals surface area (Å²) in [6, 6.07) is -7.98. The number of piperidine rings is 1. The number of nitrogens with zero attached hydrogens (tertiary/aromatic N) is 1. The number of carbonyl (C=O) groups excluding carboxylic acids is 1. The Hall–Kier alpha value is -1.25. The molecule has 3 fully saturated rings. The lowest BCUT2D eigenvalue weighted by Crippen LogP contribution is -2.60. The Bertz CT molecular complexity index is 1430. The van der Waals surface area contributed by atoms with Crippen molar-refractivity contribution in [1.29, 1.82) is 0 Å². The number of hydrogen-bond acceptors (Lipinski definition) is 6. The summed E-state index contributed by atoms with van der Waals surface area (Å²) in [6.07, 6.45) is -14.1. The summed E-state index contributed by atoms with van der Waals surface area (Å²) in [5.74, 6) is -2.09. The van der Waals surface area contributed by atoms with Gasteiger partial charge in [0, 0.05) is 18.2 Å². The van der Waals surface area contributed by atoms with E-state index >= 15 is 0 Å². The lowest BCUT2D eigenvalue weighted by molar-refractivity contribution is -0.938. The van der Waals surface area contributed by atoms with Crippen molar-refractivity contribution in [2.45, 2.75) is 48.7 Å². The highest BCUT2D eigenvalue weighted by Crippen LogP contribution is 2.52. The summed E-state index contributed by atoms with van der Waals surface area (Å²) in [4.78, 5) is 12.3. The summed E-state index contributed by atoms with van der Waals surface area (Å²) in [6.45, 7) is -7.16. The first-order chi connectivity index (χ1) is 19.3. The molecule has 0 aromatic carbocycles. The van der Waals surface area contributed by atoms with Crippen molar-refractivity contribution in [3.05, 3.63) is 44.6 Å². The molecule has 2 aromatic rings. The number of epoxide rings is 1. The van der Waals surface area contributed by atoms with Crippen LogP contribution in [0.2, 0.25) is 0 Å². The van der Waals surface area contributed by atoms with Gasteiger partial charge in [0.1, 0.15) is 30.4 Å². The van der Waals surface area contributed by atoms with Gasteiger partial charge in [-0.15, -0.1) is 22.7 Å².